The van der Waals surface area contributed by atoms with Crippen LogP contribution in [0.5, 0.6) is 0 Å². The lowest BCUT2D eigenvalue weighted by Crippen LogP contribution is -2.12. The highest BCUT2D eigenvalue weighted by atomic mass is 32.1. The number of thiophene rings is 1. The molecule has 0 bridgehead atoms. The highest BCUT2D eigenvalue weighted by Crippen LogP contribution is 2.50. The number of benzene rings is 9. The molecule has 0 aliphatic heterocycles. The summed E-state index contributed by atoms with van der Waals surface area (Å²) in [7, 11) is 0. The molecule has 0 atom stereocenters. The third-order valence-corrected chi connectivity index (χ3v) is 12.1. The molecule has 0 fully saturated rings. The number of rotatable bonds is 6. The molecule has 2 nitrogen and oxygen atoms in total. The number of hydrogen-bond donors (Lipinski definition) is 0. The molecule has 0 N–H and O–H groups in total. The molecular weight excluding hydrogens is 687 g/mol. The molecule has 2 aromatic heterocycles. The van der Waals surface area contributed by atoms with Crippen molar-refractivity contribution in [3.05, 3.63) is 200 Å². The molecule has 0 unspecified atom stereocenters. The van der Waals surface area contributed by atoms with Gasteiger partial charge in [0.1, 0.15) is 11.2 Å². The first-order chi connectivity index (χ1) is 27.3. The minimum absolute atomic E-state index is 0.903. The number of nitrogens with zero attached hydrogens (tertiary/aromatic N) is 1. The second kappa shape index (κ2) is 12.9. The van der Waals surface area contributed by atoms with Gasteiger partial charge in [0.05, 0.1) is 16.1 Å². The zero-order valence-corrected chi connectivity index (χ0v) is 30.6. The highest BCUT2D eigenvalue weighted by Gasteiger charge is 2.24. The van der Waals surface area contributed by atoms with E-state index in [0.29, 0.717) is 0 Å². The van der Waals surface area contributed by atoms with Gasteiger partial charge in [-0.15, -0.1) is 11.3 Å². The van der Waals surface area contributed by atoms with Crippen LogP contribution < -0.4 is 4.90 Å². The Labute approximate surface area is 322 Å². The van der Waals surface area contributed by atoms with Crippen LogP contribution in [0.2, 0.25) is 0 Å². The summed E-state index contributed by atoms with van der Waals surface area (Å²) in [5, 5.41) is 7.24. The average Bonchev–Trinajstić information content (AvgIpc) is 3.84. The van der Waals surface area contributed by atoms with Gasteiger partial charge in [0.15, 0.2) is 0 Å². The van der Waals surface area contributed by atoms with Crippen molar-refractivity contribution >= 4 is 81.3 Å². The van der Waals surface area contributed by atoms with E-state index >= 15 is 0 Å². The maximum Gasteiger partial charge on any atom is 0.136 e. The Hall–Kier alpha value is -6.94. The molecule has 3 heteroatoms. The van der Waals surface area contributed by atoms with Crippen LogP contribution in [-0.2, 0) is 0 Å². The van der Waals surface area contributed by atoms with Gasteiger partial charge in [0, 0.05) is 42.9 Å². The largest absolute Gasteiger partial charge is 0.456 e. The fourth-order valence-electron chi connectivity index (χ4n) is 8.46. The Morgan fingerprint density at radius 3 is 1.93 bits per heavy atom. The molecule has 0 radical (unpaired) electrons. The van der Waals surface area contributed by atoms with Gasteiger partial charge in [0.25, 0.3) is 0 Å². The van der Waals surface area contributed by atoms with Crippen LogP contribution in [0.3, 0.4) is 0 Å². The standard InChI is InChI=1S/C52H33NOS/c1-3-15-34(16-4-1)39-25-13-27-44(49(39)35-17-5-2-6-18-35)53(45-28-14-26-42-41-22-8-10-30-48(41)55-52(42)45)38-21-11-20-37(33-38)40-24-12-19-36-31-32-47-51(50(36)40)43-23-7-9-29-46(43)54-47/h1-33H. The van der Waals surface area contributed by atoms with Crippen molar-refractivity contribution in [1.82, 2.24) is 0 Å². The molecule has 55 heavy (non-hydrogen) atoms. The molecule has 258 valence electrons. The first kappa shape index (κ1) is 31.6. The summed E-state index contributed by atoms with van der Waals surface area (Å²) in [6.07, 6.45) is 0. The molecule has 9 aromatic carbocycles. The molecule has 0 saturated heterocycles. The summed E-state index contributed by atoms with van der Waals surface area (Å²) in [6, 6.07) is 72.2. The Morgan fingerprint density at radius 1 is 0.400 bits per heavy atom. The topological polar surface area (TPSA) is 16.4 Å². The molecule has 11 rings (SSSR count). The zero-order valence-electron chi connectivity index (χ0n) is 29.8. The first-order valence-corrected chi connectivity index (χ1v) is 19.5. The Morgan fingerprint density at radius 2 is 1.05 bits per heavy atom. The summed E-state index contributed by atoms with van der Waals surface area (Å²) in [5.74, 6) is 0. The van der Waals surface area contributed by atoms with Crippen LogP contribution in [0, 0.1) is 0 Å². The lowest BCUT2D eigenvalue weighted by atomic mass is 9.91. The predicted octanol–water partition coefficient (Wildman–Crippen LogP) is 15.6. The lowest BCUT2D eigenvalue weighted by Gasteiger charge is -2.30. The smallest absolute Gasteiger partial charge is 0.136 e. The van der Waals surface area contributed by atoms with E-state index in [1.165, 1.54) is 58.8 Å². The van der Waals surface area contributed by atoms with Crippen LogP contribution in [0.25, 0.3) is 86.3 Å². The average molecular weight is 720 g/mol. The molecule has 0 aliphatic rings. The van der Waals surface area contributed by atoms with E-state index in [9.17, 15) is 0 Å². The zero-order chi connectivity index (χ0) is 36.3. The van der Waals surface area contributed by atoms with Gasteiger partial charge in [-0.1, -0.05) is 158 Å². The van der Waals surface area contributed by atoms with Gasteiger partial charge in [-0.3, -0.25) is 0 Å². The third kappa shape index (κ3) is 5.16. The minimum Gasteiger partial charge on any atom is -0.456 e. The van der Waals surface area contributed by atoms with E-state index in [1.54, 1.807) is 0 Å². The van der Waals surface area contributed by atoms with E-state index in [4.69, 9.17) is 4.42 Å². The van der Waals surface area contributed by atoms with Crippen molar-refractivity contribution in [2.24, 2.45) is 0 Å². The molecule has 2 heterocycles. The van der Waals surface area contributed by atoms with Gasteiger partial charge >= 0.3 is 0 Å². The van der Waals surface area contributed by atoms with Crippen molar-refractivity contribution < 1.29 is 4.42 Å². The highest BCUT2D eigenvalue weighted by molar-refractivity contribution is 7.26. The molecule has 11 aromatic rings. The van der Waals surface area contributed by atoms with E-state index in [-0.39, 0.29) is 0 Å². The Kier molecular flexibility index (Phi) is 7.39. The van der Waals surface area contributed by atoms with Gasteiger partial charge in [-0.2, -0.15) is 0 Å². The lowest BCUT2D eigenvalue weighted by molar-refractivity contribution is 0.669. The Bertz CT molecular complexity index is 3210. The summed E-state index contributed by atoms with van der Waals surface area (Å²) in [4.78, 5) is 2.49. The van der Waals surface area contributed by atoms with Gasteiger partial charge < -0.3 is 9.32 Å². The second-order valence-corrected chi connectivity index (χ2v) is 15.1. The number of hydrogen-bond acceptors (Lipinski definition) is 3. The fourth-order valence-corrected chi connectivity index (χ4v) is 9.66. The maximum absolute atomic E-state index is 6.39. The summed E-state index contributed by atoms with van der Waals surface area (Å²) >= 11 is 1.86. The molecular formula is C52H33NOS. The minimum atomic E-state index is 0.903. The van der Waals surface area contributed by atoms with Gasteiger partial charge in [0.2, 0.25) is 0 Å². The first-order valence-electron chi connectivity index (χ1n) is 18.7. The van der Waals surface area contributed by atoms with Crippen molar-refractivity contribution in [1.29, 1.82) is 0 Å². The number of anilines is 3. The van der Waals surface area contributed by atoms with Crippen LogP contribution in [0.4, 0.5) is 17.1 Å². The van der Waals surface area contributed by atoms with Crippen molar-refractivity contribution in [2.45, 2.75) is 0 Å². The van der Waals surface area contributed by atoms with E-state index < -0.39 is 0 Å². The normalized spacial score (nSPS) is 11.6. The molecule has 0 amide bonds. The third-order valence-electron chi connectivity index (χ3n) is 10.9. The summed E-state index contributed by atoms with van der Waals surface area (Å²) < 4.78 is 8.93. The van der Waals surface area contributed by atoms with Crippen LogP contribution in [0.1, 0.15) is 0 Å². The molecule has 0 aliphatic carbocycles. The van der Waals surface area contributed by atoms with Crippen molar-refractivity contribution in [2.75, 3.05) is 4.90 Å². The van der Waals surface area contributed by atoms with Crippen LogP contribution in [0.15, 0.2) is 205 Å². The van der Waals surface area contributed by atoms with E-state index in [1.807, 2.05) is 17.4 Å². The number of para-hydroxylation sites is 1. The summed E-state index contributed by atoms with van der Waals surface area (Å²) in [5.41, 5.74) is 12.2. The molecule has 0 spiro atoms. The van der Waals surface area contributed by atoms with Crippen LogP contribution in [-0.4, -0.2) is 0 Å². The van der Waals surface area contributed by atoms with E-state index in [0.717, 1.165) is 44.6 Å². The molecule has 0 saturated carbocycles. The summed E-state index contributed by atoms with van der Waals surface area (Å²) in [6.45, 7) is 0. The number of fused-ring (bicyclic) bond motifs is 8. The number of furan rings is 1. The van der Waals surface area contributed by atoms with Crippen molar-refractivity contribution in [3.8, 4) is 33.4 Å². The monoisotopic (exact) mass is 719 g/mol. The quantitative estimate of drug-likeness (QED) is 0.170. The van der Waals surface area contributed by atoms with Gasteiger partial charge in [-0.25, -0.2) is 0 Å². The second-order valence-electron chi connectivity index (χ2n) is 14.0. The van der Waals surface area contributed by atoms with Crippen LogP contribution >= 0.6 is 11.3 Å². The Balaban J connectivity index is 1.21. The predicted molar refractivity (Wildman–Crippen MR) is 235 cm³/mol. The van der Waals surface area contributed by atoms with Gasteiger partial charge in [-0.05, 0) is 75.7 Å². The van der Waals surface area contributed by atoms with Crippen molar-refractivity contribution in [3.63, 3.8) is 0 Å². The SMILES string of the molecule is c1ccc(-c2cccc(N(c3cccc(-c4cccc5ccc6oc7ccccc7c6c45)c3)c3cccc4c3sc3ccccc34)c2-c2ccccc2)cc1. The van der Waals surface area contributed by atoms with E-state index in [2.05, 4.69) is 199 Å². The maximum atomic E-state index is 6.39. The fraction of sp³-hybridized carbons (Fsp3) is 0.